The number of rotatable bonds is 5. The van der Waals surface area contributed by atoms with E-state index in [1.54, 1.807) is 6.07 Å². The predicted molar refractivity (Wildman–Crippen MR) is 92.9 cm³/mol. The Morgan fingerprint density at radius 2 is 2.04 bits per heavy atom. The minimum Gasteiger partial charge on any atom is -0.396 e. The molecule has 1 aromatic heterocycles. The number of benzene rings is 1. The van der Waals surface area contributed by atoms with Crippen LogP contribution >= 0.6 is 11.6 Å². The summed E-state index contributed by atoms with van der Waals surface area (Å²) < 4.78 is 24.3. The van der Waals surface area contributed by atoms with Crippen molar-refractivity contribution in [3.05, 3.63) is 46.6 Å². The molecule has 126 valence electrons. The van der Waals surface area contributed by atoms with Gasteiger partial charge in [0, 0.05) is 17.7 Å². The van der Waals surface area contributed by atoms with Crippen LogP contribution in [0.3, 0.4) is 0 Å². The van der Waals surface area contributed by atoms with E-state index in [-0.39, 0.29) is 23.7 Å². The number of aliphatic imine (C=N–C) groups is 1. The molecule has 0 aliphatic carbocycles. The van der Waals surface area contributed by atoms with Gasteiger partial charge in [0.25, 0.3) is 0 Å². The van der Waals surface area contributed by atoms with E-state index >= 15 is 0 Å². The summed E-state index contributed by atoms with van der Waals surface area (Å²) >= 11 is 6.28. The molecule has 0 saturated carbocycles. The zero-order valence-electron chi connectivity index (χ0n) is 12.7. The highest BCUT2D eigenvalue weighted by molar-refractivity contribution is 7.91. The zero-order chi connectivity index (χ0) is 17.3. The van der Waals surface area contributed by atoms with Gasteiger partial charge in [-0.2, -0.15) is 0 Å². The van der Waals surface area contributed by atoms with Gasteiger partial charge in [0.1, 0.15) is 11.5 Å². The summed E-state index contributed by atoms with van der Waals surface area (Å²) in [6, 6.07) is 8.25. The highest BCUT2D eigenvalue weighted by Gasteiger charge is 2.19. The van der Waals surface area contributed by atoms with Crippen LogP contribution in [0.25, 0.3) is 11.3 Å². The first-order chi connectivity index (χ1) is 11.4. The quantitative estimate of drug-likeness (QED) is 0.840. The third-order valence-corrected chi connectivity index (χ3v) is 5.90. The largest absolute Gasteiger partial charge is 0.396 e. The first kappa shape index (κ1) is 16.9. The Balaban J connectivity index is 1.97. The minimum absolute atomic E-state index is 0.122. The second kappa shape index (κ2) is 6.51. The van der Waals surface area contributed by atoms with Crippen molar-refractivity contribution in [1.82, 2.24) is 4.98 Å². The van der Waals surface area contributed by atoms with Crippen LogP contribution in [0.1, 0.15) is 17.7 Å². The second-order valence-corrected chi connectivity index (χ2v) is 7.96. The maximum Gasteiger partial charge on any atom is 0.178 e. The van der Waals surface area contributed by atoms with E-state index in [1.165, 1.54) is 12.1 Å². The summed E-state index contributed by atoms with van der Waals surface area (Å²) in [6.45, 7) is 0.345. The Bertz CT molecular complexity index is 926. The molecule has 24 heavy (non-hydrogen) atoms. The molecule has 0 unspecified atom stereocenters. The number of amidine groups is 1. The second-order valence-electron chi connectivity index (χ2n) is 5.44. The number of nitrogens with two attached hydrogens (primary N) is 1. The number of pyridine rings is 1. The fourth-order valence-corrected chi connectivity index (χ4v) is 4.16. The average Bonchev–Trinajstić information content (AvgIpc) is 2.93. The molecule has 0 fully saturated rings. The average molecular weight is 366 g/mol. The Kier molecular flexibility index (Phi) is 4.58. The van der Waals surface area contributed by atoms with Crippen LogP contribution < -0.4 is 5.73 Å². The fraction of sp³-hybridized carbons (Fsp3) is 0.250. The van der Waals surface area contributed by atoms with E-state index in [4.69, 9.17) is 22.4 Å². The standard InChI is InChI=1S/C16H16ClN3O3S/c17-13-8-11(24(22,23)7-1-6-21)3-4-12(13)14-5-2-10-9-19-16(18)15(10)20-14/h2-5,8,21H,1,6-7,9H2,(H2,18,19). The van der Waals surface area contributed by atoms with Crippen LogP contribution in [0.2, 0.25) is 5.02 Å². The van der Waals surface area contributed by atoms with E-state index in [0.717, 1.165) is 5.56 Å². The maximum absolute atomic E-state index is 12.2. The van der Waals surface area contributed by atoms with Crippen molar-refractivity contribution in [2.24, 2.45) is 10.7 Å². The number of aromatic nitrogens is 1. The molecule has 3 N–H and O–H groups in total. The first-order valence-corrected chi connectivity index (χ1v) is 9.39. The Hall–Kier alpha value is -1.96. The van der Waals surface area contributed by atoms with Gasteiger partial charge in [0.2, 0.25) is 0 Å². The SMILES string of the molecule is NC1=NCc2ccc(-c3ccc(S(=O)(=O)CCCO)cc3Cl)nc21. The van der Waals surface area contributed by atoms with Gasteiger partial charge < -0.3 is 10.8 Å². The topological polar surface area (TPSA) is 106 Å². The number of hydrogen-bond donors (Lipinski definition) is 2. The summed E-state index contributed by atoms with van der Waals surface area (Å²) in [5.41, 5.74) is 8.64. The lowest BCUT2D eigenvalue weighted by Crippen LogP contribution is -2.13. The number of aliphatic hydroxyl groups excluding tert-OH is 1. The lowest BCUT2D eigenvalue weighted by atomic mass is 10.1. The monoisotopic (exact) mass is 365 g/mol. The van der Waals surface area contributed by atoms with Gasteiger partial charge in [0.15, 0.2) is 9.84 Å². The lowest BCUT2D eigenvalue weighted by Gasteiger charge is -2.09. The molecule has 0 amide bonds. The molecule has 1 aromatic carbocycles. The van der Waals surface area contributed by atoms with Crippen LogP contribution in [0.5, 0.6) is 0 Å². The molecule has 2 heterocycles. The Morgan fingerprint density at radius 1 is 1.25 bits per heavy atom. The molecule has 6 nitrogen and oxygen atoms in total. The van der Waals surface area contributed by atoms with Gasteiger partial charge >= 0.3 is 0 Å². The Labute approximate surface area is 144 Å². The molecular weight excluding hydrogens is 350 g/mol. The Morgan fingerprint density at radius 3 is 2.75 bits per heavy atom. The summed E-state index contributed by atoms with van der Waals surface area (Å²) in [5, 5.41) is 9.10. The van der Waals surface area contributed by atoms with Crippen LogP contribution in [-0.4, -0.2) is 36.7 Å². The summed E-state index contributed by atoms with van der Waals surface area (Å²) in [7, 11) is -3.47. The minimum atomic E-state index is -3.47. The maximum atomic E-state index is 12.2. The summed E-state index contributed by atoms with van der Waals surface area (Å²) in [5.74, 6) is 0.273. The van der Waals surface area contributed by atoms with Crippen molar-refractivity contribution in [3.63, 3.8) is 0 Å². The van der Waals surface area contributed by atoms with Gasteiger partial charge in [-0.1, -0.05) is 23.7 Å². The number of hydrogen-bond acceptors (Lipinski definition) is 6. The zero-order valence-corrected chi connectivity index (χ0v) is 14.3. The third kappa shape index (κ3) is 3.15. The molecule has 1 aliphatic rings. The summed E-state index contributed by atoms with van der Waals surface area (Å²) in [6.07, 6.45) is 0.187. The smallest absolute Gasteiger partial charge is 0.178 e. The van der Waals surface area contributed by atoms with Gasteiger partial charge in [-0.25, -0.2) is 13.4 Å². The van der Waals surface area contributed by atoms with Crippen molar-refractivity contribution < 1.29 is 13.5 Å². The van der Waals surface area contributed by atoms with Crippen molar-refractivity contribution in [2.75, 3.05) is 12.4 Å². The molecule has 0 saturated heterocycles. The van der Waals surface area contributed by atoms with Gasteiger partial charge in [-0.05, 0) is 24.6 Å². The summed E-state index contributed by atoms with van der Waals surface area (Å²) in [4.78, 5) is 8.75. The molecule has 2 aromatic rings. The van der Waals surface area contributed by atoms with Crippen molar-refractivity contribution in [2.45, 2.75) is 17.9 Å². The van der Waals surface area contributed by atoms with Crippen molar-refractivity contribution in [1.29, 1.82) is 0 Å². The highest BCUT2D eigenvalue weighted by atomic mass is 35.5. The number of sulfone groups is 1. The molecular formula is C16H16ClN3O3S. The van der Waals surface area contributed by atoms with Crippen LogP contribution in [-0.2, 0) is 16.4 Å². The molecule has 0 atom stereocenters. The van der Waals surface area contributed by atoms with E-state index in [9.17, 15) is 8.42 Å². The van der Waals surface area contributed by atoms with E-state index in [1.807, 2.05) is 12.1 Å². The van der Waals surface area contributed by atoms with Gasteiger partial charge in [-0.15, -0.1) is 0 Å². The highest BCUT2D eigenvalue weighted by Crippen LogP contribution is 2.30. The van der Waals surface area contributed by atoms with E-state index in [2.05, 4.69) is 9.98 Å². The third-order valence-electron chi connectivity index (χ3n) is 3.79. The molecule has 0 radical (unpaired) electrons. The molecule has 0 bridgehead atoms. The molecule has 8 heteroatoms. The normalized spacial score (nSPS) is 13.7. The lowest BCUT2D eigenvalue weighted by molar-refractivity contribution is 0.295. The van der Waals surface area contributed by atoms with Crippen LogP contribution in [0.15, 0.2) is 40.2 Å². The van der Waals surface area contributed by atoms with Gasteiger partial charge in [0.05, 0.1) is 27.9 Å². The van der Waals surface area contributed by atoms with Crippen molar-refractivity contribution in [3.8, 4) is 11.3 Å². The van der Waals surface area contributed by atoms with E-state index < -0.39 is 9.84 Å². The fourth-order valence-electron chi connectivity index (χ4n) is 2.50. The molecule has 0 spiro atoms. The molecule has 3 rings (SSSR count). The number of nitrogens with zero attached hydrogens (tertiary/aromatic N) is 2. The predicted octanol–water partition coefficient (Wildman–Crippen LogP) is 1.78. The number of halogens is 1. The van der Waals surface area contributed by atoms with Crippen LogP contribution in [0.4, 0.5) is 0 Å². The van der Waals surface area contributed by atoms with Crippen LogP contribution in [0, 0.1) is 0 Å². The van der Waals surface area contributed by atoms with E-state index in [0.29, 0.717) is 34.4 Å². The number of aliphatic hydroxyl groups is 1. The van der Waals surface area contributed by atoms with Gasteiger partial charge in [-0.3, -0.25) is 4.99 Å². The molecule has 1 aliphatic heterocycles. The number of fused-ring (bicyclic) bond motifs is 1. The van der Waals surface area contributed by atoms with Crippen molar-refractivity contribution >= 4 is 27.3 Å². The first-order valence-electron chi connectivity index (χ1n) is 7.36.